The lowest BCUT2D eigenvalue weighted by Crippen LogP contribution is -2.57. The van der Waals surface area contributed by atoms with Gasteiger partial charge < -0.3 is 4.74 Å². The van der Waals surface area contributed by atoms with Crippen LogP contribution >= 0.6 is 0 Å². The predicted molar refractivity (Wildman–Crippen MR) is 80.4 cm³/mol. The Hall–Kier alpha value is -2.37. The van der Waals surface area contributed by atoms with E-state index in [0.29, 0.717) is 11.4 Å². The van der Waals surface area contributed by atoms with Crippen LogP contribution in [-0.4, -0.2) is 30.7 Å². The molecule has 1 aliphatic rings. The summed E-state index contributed by atoms with van der Waals surface area (Å²) in [5.41, 5.74) is 3.42. The van der Waals surface area contributed by atoms with Gasteiger partial charge in [-0.1, -0.05) is 13.8 Å². The SMILES string of the molecule is COc1ccc(N2NC(C(C)=O)=NC(C(C)C)C2=O)cc1. The number of nitrogens with zero attached hydrogens (tertiary/aromatic N) is 2. The zero-order valence-corrected chi connectivity index (χ0v) is 12.6. The lowest BCUT2D eigenvalue weighted by molar-refractivity contribution is -0.121. The van der Waals surface area contributed by atoms with E-state index in [1.165, 1.54) is 11.9 Å². The highest BCUT2D eigenvalue weighted by atomic mass is 16.5. The smallest absolute Gasteiger partial charge is 0.270 e. The van der Waals surface area contributed by atoms with Gasteiger partial charge in [0, 0.05) is 6.92 Å². The van der Waals surface area contributed by atoms with Crippen LogP contribution in [0.1, 0.15) is 20.8 Å². The van der Waals surface area contributed by atoms with E-state index in [4.69, 9.17) is 4.74 Å². The minimum Gasteiger partial charge on any atom is -0.497 e. The molecule has 0 saturated heterocycles. The van der Waals surface area contributed by atoms with Crippen molar-refractivity contribution in [1.29, 1.82) is 0 Å². The maximum Gasteiger partial charge on any atom is 0.270 e. The zero-order valence-electron chi connectivity index (χ0n) is 12.6. The Morgan fingerprint density at radius 1 is 1.33 bits per heavy atom. The van der Waals surface area contributed by atoms with Gasteiger partial charge in [0.25, 0.3) is 5.91 Å². The number of nitrogens with one attached hydrogen (secondary N) is 1. The molecule has 0 radical (unpaired) electrons. The van der Waals surface area contributed by atoms with Crippen LogP contribution in [0.25, 0.3) is 0 Å². The summed E-state index contributed by atoms with van der Waals surface area (Å²) < 4.78 is 5.10. The molecular weight excluding hydrogens is 270 g/mol. The molecule has 0 spiro atoms. The molecule has 0 bridgehead atoms. The van der Waals surface area contributed by atoms with Gasteiger partial charge in [-0.15, -0.1) is 0 Å². The molecular formula is C15H19N3O3. The summed E-state index contributed by atoms with van der Waals surface area (Å²) >= 11 is 0. The number of carbonyl (C=O) groups excluding carboxylic acids is 2. The van der Waals surface area contributed by atoms with E-state index >= 15 is 0 Å². The fourth-order valence-electron chi connectivity index (χ4n) is 2.04. The number of methoxy groups -OCH3 is 1. The summed E-state index contributed by atoms with van der Waals surface area (Å²) in [6, 6.07) is 6.46. The minimum atomic E-state index is -0.563. The van der Waals surface area contributed by atoms with Crippen LogP contribution in [0.2, 0.25) is 0 Å². The number of hydrogen-bond acceptors (Lipinski definition) is 5. The number of aliphatic imine (C=N–C) groups is 1. The van der Waals surface area contributed by atoms with E-state index in [-0.39, 0.29) is 23.4 Å². The van der Waals surface area contributed by atoms with Crippen molar-refractivity contribution in [2.75, 3.05) is 12.1 Å². The van der Waals surface area contributed by atoms with E-state index in [9.17, 15) is 9.59 Å². The third-order valence-corrected chi connectivity index (χ3v) is 3.25. The average molecular weight is 289 g/mol. The first-order valence-corrected chi connectivity index (χ1v) is 6.77. The van der Waals surface area contributed by atoms with Crippen molar-refractivity contribution in [3.63, 3.8) is 0 Å². The first-order valence-electron chi connectivity index (χ1n) is 6.77. The van der Waals surface area contributed by atoms with Crippen LogP contribution in [0.4, 0.5) is 5.69 Å². The molecule has 0 aromatic heterocycles. The lowest BCUT2D eigenvalue weighted by Gasteiger charge is -2.33. The predicted octanol–water partition coefficient (Wildman–Crippen LogP) is 1.56. The maximum absolute atomic E-state index is 12.5. The Bertz CT molecular complexity index is 578. The molecule has 21 heavy (non-hydrogen) atoms. The van der Waals surface area contributed by atoms with Crippen molar-refractivity contribution in [3.8, 4) is 5.75 Å². The normalized spacial score (nSPS) is 18.3. The number of benzene rings is 1. The van der Waals surface area contributed by atoms with Crippen LogP contribution in [0.15, 0.2) is 29.3 Å². The summed E-state index contributed by atoms with van der Waals surface area (Å²) in [5, 5.41) is 1.37. The number of amidine groups is 1. The highest BCUT2D eigenvalue weighted by Gasteiger charge is 2.34. The van der Waals surface area contributed by atoms with Gasteiger partial charge >= 0.3 is 0 Å². The van der Waals surface area contributed by atoms with Gasteiger partial charge in [0.2, 0.25) is 0 Å². The van der Waals surface area contributed by atoms with E-state index in [1.54, 1.807) is 31.4 Å². The molecule has 6 nitrogen and oxygen atoms in total. The second-order valence-electron chi connectivity index (χ2n) is 5.21. The van der Waals surface area contributed by atoms with E-state index in [1.807, 2.05) is 13.8 Å². The molecule has 1 heterocycles. The number of amides is 1. The van der Waals surface area contributed by atoms with Crippen molar-refractivity contribution in [2.24, 2.45) is 10.9 Å². The molecule has 0 saturated carbocycles. The van der Waals surface area contributed by atoms with Gasteiger partial charge in [-0.25, -0.2) is 5.01 Å². The van der Waals surface area contributed by atoms with Crippen molar-refractivity contribution in [3.05, 3.63) is 24.3 Å². The molecule has 1 atom stereocenters. The zero-order chi connectivity index (χ0) is 15.6. The average Bonchev–Trinajstić information content (AvgIpc) is 2.47. The summed E-state index contributed by atoms with van der Waals surface area (Å²) in [6.45, 7) is 5.23. The second-order valence-corrected chi connectivity index (χ2v) is 5.21. The molecule has 6 heteroatoms. The molecule has 1 aromatic carbocycles. The Morgan fingerprint density at radius 3 is 2.43 bits per heavy atom. The van der Waals surface area contributed by atoms with Gasteiger partial charge in [0.1, 0.15) is 11.8 Å². The summed E-state index contributed by atoms with van der Waals surface area (Å²) in [7, 11) is 1.58. The first-order chi connectivity index (χ1) is 9.93. The topological polar surface area (TPSA) is 71.0 Å². The van der Waals surface area contributed by atoms with Gasteiger partial charge in [0.15, 0.2) is 11.6 Å². The number of carbonyl (C=O) groups is 2. The monoisotopic (exact) mass is 289 g/mol. The third kappa shape index (κ3) is 3.04. The van der Waals surface area contributed by atoms with Crippen LogP contribution in [0.3, 0.4) is 0 Å². The quantitative estimate of drug-likeness (QED) is 0.913. The Kier molecular flexibility index (Phi) is 4.26. The lowest BCUT2D eigenvalue weighted by atomic mass is 10.0. The molecule has 1 aliphatic heterocycles. The highest BCUT2D eigenvalue weighted by molar-refractivity contribution is 6.39. The Balaban J connectivity index is 2.36. The number of Topliss-reactive ketones (excluding diaryl/α,β-unsaturated/α-hetero) is 1. The van der Waals surface area contributed by atoms with E-state index < -0.39 is 6.04 Å². The van der Waals surface area contributed by atoms with Crippen LogP contribution in [0, 0.1) is 5.92 Å². The van der Waals surface area contributed by atoms with Gasteiger partial charge in [-0.2, -0.15) is 0 Å². The number of ketones is 1. The van der Waals surface area contributed by atoms with Crippen LogP contribution in [-0.2, 0) is 9.59 Å². The molecule has 0 aliphatic carbocycles. The molecule has 1 unspecified atom stereocenters. The van der Waals surface area contributed by atoms with Crippen molar-refractivity contribution < 1.29 is 14.3 Å². The minimum absolute atomic E-state index is 0.00898. The largest absolute Gasteiger partial charge is 0.497 e. The van der Waals surface area contributed by atoms with Crippen molar-refractivity contribution >= 4 is 23.2 Å². The van der Waals surface area contributed by atoms with E-state index in [2.05, 4.69) is 10.4 Å². The Labute approximate surface area is 123 Å². The molecule has 1 amide bonds. The summed E-state index contributed by atoms with van der Waals surface area (Å²) in [4.78, 5) is 28.3. The molecule has 0 fully saturated rings. The summed E-state index contributed by atoms with van der Waals surface area (Å²) in [6.07, 6.45) is 0. The first kappa shape index (κ1) is 15.0. The van der Waals surface area contributed by atoms with Crippen molar-refractivity contribution in [1.82, 2.24) is 5.43 Å². The highest BCUT2D eigenvalue weighted by Crippen LogP contribution is 2.22. The van der Waals surface area contributed by atoms with Crippen molar-refractivity contribution in [2.45, 2.75) is 26.8 Å². The number of rotatable bonds is 4. The number of anilines is 1. The third-order valence-electron chi connectivity index (χ3n) is 3.25. The van der Waals surface area contributed by atoms with E-state index in [0.717, 1.165) is 0 Å². The number of hydrogen-bond donors (Lipinski definition) is 1. The fraction of sp³-hybridized carbons (Fsp3) is 0.400. The molecule has 112 valence electrons. The van der Waals surface area contributed by atoms with Gasteiger partial charge in [0.05, 0.1) is 12.8 Å². The van der Waals surface area contributed by atoms with Gasteiger partial charge in [-0.3, -0.25) is 20.0 Å². The Morgan fingerprint density at radius 2 is 1.95 bits per heavy atom. The van der Waals surface area contributed by atoms with Gasteiger partial charge in [-0.05, 0) is 30.2 Å². The number of hydrazine groups is 1. The van der Waals surface area contributed by atoms with Crippen LogP contribution in [0.5, 0.6) is 5.75 Å². The maximum atomic E-state index is 12.5. The molecule has 2 rings (SSSR count). The summed E-state index contributed by atoms with van der Waals surface area (Å²) in [5.74, 6) is 0.523. The standard InChI is InChI=1S/C15H19N3O3/c1-9(2)13-15(20)18(17-14(16-13)10(3)19)11-5-7-12(21-4)8-6-11/h5-9,13H,1-4H3,(H,16,17). The second kappa shape index (κ2) is 5.95. The molecule has 1 aromatic rings. The van der Waals surface area contributed by atoms with Crippen LogP contribution < -0.4 is 15.2 Å². The molecule has 1 N–H and O–H groups in total. The fourth-order valence-corrected chi connectivity index (χ4v) is 2.04. The number of ether oxygens (including phenoxy) is 1.